The normalized spacial score (nSPS) is 13.8. The smallest absolute Gasteiger partial charge is 0.122 e. The first-order chi connectivity index (χ1) is 8.33. The van der Waals surface area contributed by atoms with E-state index in [-0.39, 0.29) is 0 Å². The van der Waals surface area contributed by atoms with Crippen LogP contribution in [0.15, 0.2) is 18.2 Å². The summed E-state index contributed by atoms with van der Waals surface area (Å²) in [5.41, 5.74) is 2.80. The van der Waals surface area contributed by atoms with E-state index in [0.717, 1.165) is 31.7 Å². The molecule has 0 saturated carbocycles. The molecule has 2 heteroatoms. The standard InChI is InChI=1S/C15H23NO/c1-3-14(4-2)16-9-7-12-5-6-15-13(11-12)8-10-17-15/h5-6,11,14,16H,3-4,7-10H2,1-2H3. The Bertz CT molecular complexity index is 358. The third-order valence-electron chi connectivity index (χ3n) is 3.59. The maximum atomic E-state index is 5.52. The number of nitrogens with one attached hydrogen (secondary N) is 1. The van der Waals surface area contributed by atoms with Crippen molar-refractivity contribution in [3.8, 4) is 5.75 Å². The number of fused-ring (bicyclic) bond motifs is 1. The van der Waals surface area contributed by atoms with Gasteiger partial charge in [-0.3, -0.25) is 0 Å². The predicted molar refractivity (Wildman–Crippen MR) is 71.7 cm³/mol. The van der Waals surface area contributed by atoms with Gasteiger partial charge in [-0.05, 0) is 43.0 Å². The fourth-order valence-corrected chi connectivity index (χ4v) is 2.39. The largest absolute Gasteiger partial charge is 0.493 e. The summed E-state index contributed by atoms with van der Waals surface area (Å²) in [5.74, 6) is 1.08. The number of benzene rings is 1. The van der Waals surface area contributed by atoms with Crippen molar-refractivity contribution in [2.45, 2.75) is 45.6 Å². The third kappa shape index (κ3) is 3.22. The molecule has 0 saturated heterocycles. The van der Waals surface area contributed by atoms with E-state index < -0.39 is 0 Å². The van der Waals surface area contributed by atoms with Crippen LogP contribution in [0.1, 0.15) is 37.8 Å². The van der Waals surface area contributed by atoms with Crippen molar-refractivity contribution in [3.63, 3.8) is 0 Å². The lowest BCUT2D eigenvalue weighted by molar-refractivity contribution is 0.357. The van der Waals surface area contributed by atoms with E-state index >= 15 is 0 Å². The van der Waals surface area contributed by atoms with Crippen LogP contribution in [0.2, 0.25) is 0 Å². The van der Waals surface area contributed by atoms with Crippen LogP contribution in [0.5, 0.6) is 5.75 Å². The van der Waals surface area contributed by atoms with Gasteiger partial charge in [0.2, 0.25) is 0 Å². The molecule has 0 atom stereocenters. The van der Waals surface area contributed by atoms with Gasteiger partial charge >= 0.3 is 0 Å². The van der Waals surface area contributed by atoms with Gasteiger partial charge in [-0.2, -0.15) is 0 Å². The zero-order valence-electron chi connectivity index (χ0n) is 11.0. The number of ether oxygens (including phenoxy) is 1. The molecule has 0 aromatic heterocycles. The van der Waals surface area contributed by atoms with E-state index in [9.17, 15) is 0 Å². The molecular weight excluding hydrogens is 210 g/mol. The molecule has 0 radical (unpaired) electrons. The van der Waals surface area contributed by atoms with Crippen LogP contribution in [0.25, 0.3) is 0 Å². The molecule has 1 aliphatic heterocycles. The fourth-order valence-electron chi connectivity index (χ4n) is 2.39. The maximum Gasteiger partial charge on any atom is 0.122 e. The zero-order chi connectivity index (χ0) is 12.1. The summed E-state index contributed by atoms with van der Waals surface area (Å²) >= 11 is 0. The molecule has 1 N–H and O–H groups in total. The zero-order valence-corrected chi connectivity index (χ0v) is 11.0. The molecule has 0 bridgehead atoms. The van der Waals surface area contributed by atoms with E-state index in [1.807, 2.05) is 0 Å². The quantitative estimate of drug-likeness (QED) is 0.815. The second-order valence-corrected chi connectivity index (χ2v) is 4.76. The monoisotopic (exact) mass is 233 g/mol. The Morgan fingerprint density at radius 2 is 2.12 bits per heavy atom. The lowest BCUT2D eigenvalue weighted by Gasteiger charge is -2.14. The molecular formula is C15H23NO. The van der Waals surface area contributed by atoms with Gasteiger partial charge in [0.05, 0.1) is 6.61 Å². The molecule has 1 aromatic rings. The molecule has 0 unspecified atom stereocenters. The minimum atomic E-state index is 0.674. The number of hydrogen-bond acceptors (Lipinski definition) is 2. The Balaban J connectivity index is 1.83. The third-order valence-corrected chi connectivity index (χ3v) is 3.59. The Labute approximate surface area is 104 Å². The average Bonchev–Trinajstić information content (AvgIpc) is 2.82. The minimum Gasteiger partial charge on any atom is -0.493 e. The summed E-state index contributed by atoms with van der Waals surface area (Å²) in [4.78, 5) is 0. The Morgan fingerprint density at radius 1 is 1.29 bits per heavy atom. The fraction of sp³-hybridized carbons (Fsp3) is 0.600. The van der Waals surface area contributed by atoms with Crippen molar-refractivity contribution in [2.24, 2.45) is 0 Å². The van der Waals surface area contributed by atoms with Crippen molar-refractivity contribution < 1.29 is 4.74 Å². The summed E-state index contributed by atoms with van der Waals surface area (Å²) in [6.07, 6.45) is 4.62. The van der Waals surface area contributed by atoms with Crippen molar-refractivity contribution in [3.05, 3.63) is 29.3 Å². The van der Waals surface area contributed by atoms with Gasteiger partial charge in [-0.15, -0.1) is 0 Å². The van der Waals surface area contributed by atoms with Crippen LogP contribution in [-0.2, 0) is 12.8 Å². The number of hydrogen-bond donors (Lipinski definition) is 1. The first-order valence-corrected chi connectivity index (χ1v) is 6.81. The summed E-state index contributed by atoms with van der Waals surface area (Å²) in [6, 6.07) is 7.29. The molecule has 1 aliphatic rings. The van der Waals surface area contributed by atoms with E-state index in [1.54, 1.807) is 0 Å². The van der Waals surface area contributed by atoms with Crippen molar-refractivity contribution in [2.75, 3.05) is 13.2 Å². The van der Waals surface area contributed by atoms with Crippen LogP contribution in [0.3, 0.4) is 0 Å². The first-order valence-electron chi connectivity index (χ1n) is 6.81. The highest BCUT2D eigenvalue weighted by Crippen LogP contribution is 2.25. The Hall–Kier alpha value is -1.02. The Morgan fingerprint density at radius 3 is 2.88 bits per heavy atom. The predicted octanol–water partition coefficient (Wildman–Crippen LogP) is 2.94. The summed E-state index contributed by atoms with van der Waals surface area (Å²) < 4.78 is 5.52. The van der Waals surface area contributed by atoms with Crippen molar-refractivity contribution in [1.29, 1.82) is 0 Å². The van der Waals surface area contributed by atoms with Gasteiger partial charge in [-0.1, -0.05) is 26.0 Å². The van der Waals surface area contributed by atoms with Crippen LogP contribution < -0.4 is 10.1 Å². The van der Waals surface area contributed by atoms with Gasteiger partial charge in [0.15, 0.2) is 0 Å². The average molecular weight is 233 g/mol. The summed E-state index contributed by atoms with van der Waals surface area (Å²) in [7, 11) is 0. The lowest BCUT2D eigenvalue weighted by Crippen LogP contribution is -2.29. The van der Waals surface area contributed by atoms with E-state index in [1.165, 1.54) is 24.0 Å². The second kappa shape index (κ2) is 6.06. The molecule has 0 spiro atoms. The van der Waals surface area contributed by atoms with E-state index in [0.29, 0.717) is 6.04 Å². The van der Waals surface area contributed by atoms with Crippen molar-refractivity contribution >= 4 is 0 Å². The SMILES string of the molecule is CCC(CC)NCCc1ccc2c(c1)CCO2. The second-order valence-electron chi connectivity index (χ2n) is 4.76. The molecule has 0 fully saturated rings. The lowest BCUT2D eigenvalue weighted by atomic mass is 10.1. The highest BCUT2D eigenvalue weighted by atomic mass is 16.5. The maximum absolute atomic E-state index is 5.52. The molecule has 1 heterocycles. The van der Waals surface area contributed by atoms with Crippen LogP contribution >= 0.6 is 0 Å². The molecule has 2 nitrogen and oxygen atoms in total. The molecule has 94 valence electrons. The van der Waals surface area contributed by atoms with E-state index in [2.05, 4.69) is 37.4 Å². The molecule has 0 amide bonds. The minimum absolute atomic E-state index is 0.674. The molecule has 2 rings (SSSR count). The van der Waals surface area contributed by atoms with Crippen LogP contribution in [-0.4, -0.2) is 19.2 Å². The topological polar surface area (TPSA) is 21.3 Å². The van der Waals surface area contributed by atoms with Gasteiger partial charge in [0.1, 0.15) is 5.75 Å². The van der Waals surface area contributed by atoms with E-state index in [4.69, 9.17) is 4.74 Å². The van der Waals surface area contributed by atoms with Gasteiger partial charge < -0.3 is 10.1 Å². The highest BCUT2D eigenvalue weighted by molar-refractivity contribution is 5.39. The van der Waals surface area contributed by atoms with Crippen LogP contribution in [0.4, 0.5) is 0 Å². The van der Waals surface area contributed by atoms with Gasteiger partial charge in [-0.25, -0.2) is 0 Å². The summed E-state index contributed by atoms with van der Waals surface area (Å²) in [5, 5.41) is 3.60. The van der Waals surface area contributed by atoms with Crippen molar-refractivity contribution in [1.82, 2.24) is 5.32 Å². The molecule has 1 aromatic carbocycles. The highest BCUT2D eigenvalue weighted by Gasteiger charge is 2.11. The Kier molecular flexibility index (Phi) is 4.43. The molecule has 0 aliphatic carbocycles. The first kappa shape index (κ1) is 12.4. The van der Waals surface area contributed by atoms with Gasteiger partial charge in [0.25, 0.3) is 0 Å². The van der Waals surface area contributed by atoms with Crippen LogP contribution in [0, 0.1) is 0 Å². The molecule has 17 heavy (non-hydrogen) atoms. The van der Waals surface area contributed by atoms with Gasteiger partial charge in [0, 0.05) is 12.5 Å². The summed E-state index contributed by atoms with van der Waals surface area (Å²) in [6.45, 7) is 6.42. The number of rotatable bonds is 6.